The Morgan fingerprint density at radius 3 is 2.43 bits per heavy atom. The Morgan fingerprint density at radius 2 is 1.71 bits per heavy atom. The fraction of sp³-hybridized carbons (Fsp3) is 0.176. The van der Waals surface area contributed by atoms with Gasteiger partial charge in [0.05, 0.1) is 11.4 Å². The van der Waals surface area contributed by atoms with Gasteiger partial charge in [0.2, 0.25) is 5.91 Å². The normalized spacial score (nSPS) is 11.1. The van der Waals surface area contributed by atoms with Crippen LogP contribution in [0, 0.1) is 6.92 Å². The molecule has 0 aliphatic rings. The van der Waals surface area contributed by atoms with E-state index in [4.69, 9.17) is 0 Å². The second-order valence-electron chi connectivity index (χ2n) is 4.94. The monoisotopic (exact) mass is 281 g/mol. The van der Waals surface area contributed by atoms with E-state index in [1.807, 2.05) is 62.4 Å². The van der Waals surface area contributed by atoms with Crippen molar-refractivity contribution in [1.29, 1.82) is 0 Å². The molecule has 4 heteroatoms. The molecular weight excluding hydrogens is 262 g/mol. The maximum absolute atomic E-state index is 11.1. The van der Waals surface area contributed by atoms with Crippen LogP contribution < -0.4 is 10.7 Å². The predicted molar refractivity (Wildman–Crippen MR) is 87.8 cm³/mol. The molecule has 0 atom stereocenters. The van der Waals surface area contributed by atoms with Gasteiger partial charge in [-0.1, -0.05) is 24.3 Å². The van der Waals surface area contributed by atoms with Gasteiger partial charge < -0.3 is 5.32 Å². The molecule has 0 heterocycles. The van der Waals surface area contributed by atoms with E-state index in [1.165, 1.54) is 12.5 Å². The Morgan fingerprint density at radius 1 is 1.00 bits per heavy atom. The molecule has 0 unspecified atom stereocenters. The molecule has 0 bridgehead atoms. The second kappa shape index (κ2) is 6.70. The molecule has 0 saturated carbocycles. The summed E-state index contributed by atoms with van der Waals surface area (Å²) in [5.41, 5.74) is 7.76. The number of hydrogen-bond acceptors (Lipinski definition) is 3. The number of carbonyl (C=O) groups is 1. The number of hydrogen-bond donors (Lipinski definition) is 2. The van der Waals surface area contributed by atoms with Crippen molar-refractivity contribution >= 4 is 23.0 Å². The molecule has 2 aromatic carbocycles. The highest BCUT2D eigenvalue weighted by Gasteiger charge is 2.01. The summed E-state index contributed by atoms with van der Waals surface area (Å²) in [6, 6.07) is 15.6. The Labute approximate surface area is 124 Å². The van der Waals surface area contributed by atoms with Crippen molar-refractivity contribution in [2.75, 3.05) is 10.7 Å². The van der Waals surface area contributed by atoms with Crippen LogP contribution in [0.25, 0.3) is 0 Å². The second-order valence-corrected chi connectivity index (χ2v) is 4.94. The Bertz CT molecular complexity index is 677. The van der Waals surface area contributed by atoms with Crippen molar-refractivity contribution in [3.8, 4) is 0 Å². The minimum absolute atomic E-state index is 0.0837. The number of nitrogens with one attached hydrogen (secondary N) is 2. The molecule has 2 N–H and O–H groups in total. The average molecular weight is 281 g/mol. The summed E-state index contributed by atoms with van der Waals surface area (Å²) in [4.78, 5) is 11.1. The van der Waals surface area contributed by atoms with Gasteiger partial charge in [0, 0.05) is 12.6 Å². The highest BCUT2D eigenvalue weighted by atomic mass is 16.1. The third-order valence-electron chi connectivity index (χ3n) is 2.97. The van der Waals surface area contributed by atoms with Crippen LogP contribution in [0.2, 0.25) is 0 Å². The van der Waals surface area contributed by atoms with Crippen LogP contribution in [0.15, 0.2) is 53.6 Å². The van der Waals surface area contributed by atoms with E-state index in [2.05, 4.69) is 15.8 Å². The third kappa shape index (κ3) is 4.45. The Balaban J connectivity index is 2.13. The fourth-order valence-corrected chi connectivity index (χ4v) is 1.95. The van der Waals surface area contributed by atoms with Crippen LogP contribution >= 0.6 is 0 Å². The lowest BCUT2D eigenvalue weighted by Gasteiger charge is -2.07. The van der Waals surface area contributed by atoms with E-state index >= 15 is 0 Å². The topological polar surface area (TPSA) is 53.5 Å². The summed E-state index contributed by atoms with van der Waals surface area (Å²) in [5, 5.41) is 7.15. The largest absolute Gasteiger partial charge is 0.326 e. The maximum Gasteiger partial charge on any atom is 0.221 e. The van der Waals surface area contributed by atoms with E-state index in [0.29, 0.717) is 0 Å². The van der Waals surface area contributed by atoms with Gasteiger partial charge in [-0.2, -0.15) is 5.10 Å². The van der Waals surface area contributed by atoms with Crippen LogP contribution in [0.4, 0.5) is 11.4 Å². The lowest BCUT2D eigenvalue weighted by molar-refractivity contribution is -0.114. The fourth-order valence-electron chi connectivity index (χ4n) is 1.95. The quantitative estimate of drug-likeness (QED) is 0.661. The molecule has 1 amide bonds. The van der Waals surface area contributed by atoms with Crippen molar-refractivity contribution in [1.82, 2.24) is 0 Å². The lowest BCUT2D eigenvalue weighted by Crippen LogP contribution is -2.07. The summed E-state index contributed by atoms with van der Waals surface area (Å²) in [5.74, 6) is -0.0837. The number of aryl methyl sites for hydroxylation is 1. The van der Waals surface area contributed by atoms with E-state index in [1.54, 1.807) is 0 Å². The van der Waals surface area contributed by atoms with Crippen LogP contribution in [0.3, 0.4) is 0 Å². The molecule has 0 aliphatic carbocycles. The molecule has 108 valence electrons. The first-order valence-electron chi connectivity index (χ1n) is 6.79. The zero-order chi connectivity index (χ0) is 15.2. The highest BCUT2D eigenvalue weighted by molar-refractivity contribution is 6.00. The highest BCUT2D eigenvalue weighted by Crippen LogP contribution is 2.13. The predicted octanol–water partition coefficient (Wildman–Crippen LogP) is 3.79. The third-order valence-corrected chi connectivity index (χ3v) is 2.97. The molecule has 2 rings (SSSR count). The number of benzene rings is 2. The first kappa shape index (κ1) is 14.8. The SMILES string of the molecule is CC(=O)Nc1cccc(/C(C)=N\Nc2cccc(C)c2)c1. The molecule has 0 radical (unpaired) electrons. The maximum atomic E-state index is 11.1. The molecule has 0 fully saturated rings. The molecule has 21 heavy (non-hydrogen) atoms. The summed E-state index contributed by atoms with van der Waals surface area (Å²) >= 11 is 0. The molecule has 2 aromatic rings. The molecule has 0 saturated heterocycles. The van der Waals surface area contributed by atoms with Crippen molar-refractivity contribution < 1.29 is 4.79 Å². The van der Waals surface area contributed by atoms with Crippen molar-refractivity contribution in [2.24, 2.45) is 5.10 Å². The molecule has 4 nitrogen and oxygen atoms in total. The lowest BCUT2D eigenvalue weighted by atomic mass is 10.1. The van der Waals surface area contributed by atoms with Gasteiger partial charge in [-0.15, -0.1) is 0 Å². The molecule has 0 aromatic heterocycles. The van der Waals surface area contributed by atoms with Crippen LogP contribution in [0.1, 0.15) is 25.0 Å². The van der Waals surface area contributed by atoms with Crippen LogP contribution in [0.5, 0.6) is 0 Å². The van der Waals surface area contributed by atoms with E-state index in [9.17, 15) is 4.79 Å². The summed E-state index contributed by atoms with van der Waals surface area (Å²) < 4.78 is 0. The van der Waals surface area contributed by atoms with Crippen molar-refractivity contribution in [3.05, 3.63) is 59.7 Å². The smallest absolute Gasteiger partial charge is 0.221 e. The zero-order valence-corrected chi connectivity index (χ0v) is 12.5. The number of hydrazone groups is 1. The van der Waals surface area contributed by atoms with Crippen LogP contribution in [-0.4, -0.2) is 11.6 Å². The number of nitrogens with zero attached hydrogens (tertiary/aromatic N) is 1. The zero-order valence-electron chi connectivity index (χ0n) is 12.5. The standard InChI is InChI=1S/C17H19N3O/c1-12-6-4-9-17(10-12)20-19-13(2)15-7-5-8-16(11-15)18-14(3)21/h4-11,20H,1-3H3,(H,18,21)/b19-13-. The van der Waals surface area contributed by atoms with Gasteiger partial charge in [0.15, 0.2) is 0 Å². The van der Waals surface area contributed by atoms with Gasteiger partial charge in [-0.05, 0) is 49.2 Å². The number of anilines is 2. The van der Waals surface area contributed by atoms with E-state index in [0.717, 1.165) is 22.6 Å². The van der Waals surface area contributed by atoms with Gasteiger partial charge in [0.25, 0.3) is 0 Å². The molecular formula is C17H19N3O. The summed E-state index contributed by atoms with van der Waals surface area (Å²) in [6.45, 7) is 5.46. The van der Waals surface area contributed by atoms with Gasteiger partial charge in [0.1, 0.15) is 0 Å². The van der Waals surface area contributed by atoms with E-state index < -0.39 is 0 Å². The number of amides is 1. The van der Waals surface area contributed by atoms with Crippen molar-refractivity contribution in [2.45, 2.75) is 20.8 Å². The van der Waals surface area contributed by atoms with Gasteiger partial charge in [-0.25, -0.2) is 0 Å². The molecule has 0 spiro atoms. The number of rotatable bonds is 4. The van der Waals surface area contributed by atoms with Gasteiger partial charge >= 0.3 is 0 Å². The first-order valence-corrected chi connectivity index (χ1v) is 6.79. The minimum atomic E-state index is -0.0837. The average Bonchev–Trinajstić information content (AvgIpc) is 2.44. The van der Waals surface area contributed by atoms with E-state index in [-0.39, 0.29) is 5.91 Å². The minimum Gasteiger partial charge on any atom is -0.326 e. The van der Waals surface area contributed by atoms with Crippen LogP contribution in [-0.2, 0) is 4.79 Å². The Hall–Kier alpha value is -2.62. The Kier molecular flexibility index (Phi) is 4.72. The molecule has 0 aliphatic heterocycles. The summed E-state index contributed by atoms with van der Waals surface area (Å²) in [7, 11) is 0. The number of carbonyl (C=O) groups excluding carboxylic acids is 1. The van der Waals surface area contributed by atoms with Crippen molar-refractivity contribution in [3.63, 3.8) is 0 Å². The van der Waals surface area contributed by atoms with Gasteiger partial charge in [-0.3, -0.25) is 10.2 Å². The first-order chi connectivity index (χ1) is 10.0. The summed E-state index contributed by atoms with van der Waals surface area (Å²) in [6.07, 6.45) is 0.